The van der Waals surface area contributed by atoms with E-state index in [1.165, 1.54) is 12.8 Å². The van der Waals surface area contributed by atoms with Crippen LogP contribution in [-0.4, -0.2) is 52.0 Å². The minimum atomic E-state index is -0.128. The number of carbonyl (C=O) groups is 1. The second-order valence-corrected chi connectivity index (χ2v) is 6.38. The maximum atomic E-state index is 12.2. The zero-order valence-corrected chi connectivity index (χ0v) is 14.5. The molecule has 0 unspecified atom stereocenters. The third kappa shape index (κ3) is 4.12. The van der Waals surface area contributed by atoms with Gasteiger partial charge in [0.15, 0.2) is 0 Å². The number of hydrogen-bond donors (Lipinski definition) is 2. The summed E-state index contributed by atoms with van der Waals surface area (Å²) >= 11 is 0. The zero-order valence-electron chi connectivity index (χ0n) is 14.5. The molecule has 3 rings (SSSR count). The van der Waals surface area contributed by atoms with Crippen molar-refractivity contribution in [2.45, 2.75) is 26.2 Å². The lowest BCUT2D eigenvalue weighted by Gasteiger charge is -2.30. The summed E-state index contributed by atoms with van der Waals surface area (Å²) in [6.07, 6.45) is 3.36. The third-order valence-corrected chi connectivity index (χ3v) is 4.59. The number of nitrogens with one attached hydrogen (secondary N) is 2. The molecule has 1 aromatic carbocycles. The van der Waals surface area contributed by atoms with Gasteiger partial charge in [-0.15, -0.1) is 0 Å². The molecule has 0 atom stereocenters. The van der Waals surface area contributed by atoms with E-state index in [9.17, 15) is 4.79 Å². The number of hydrogen-bond acceptors (Lipinski definition) is 4. The van der Waals surface area contributed by atoms with Crippen LogP contribution in [0.1, 0.15) is 26.2 Å². The van der Waals surface area contributed by atoms with Gasteiger partial charge in [-0.25, -0.2) is 4.79 Å². The summed E-state index contributed by atoms with van der Waals surface area (Å²) in [6, 6.07) is 6.28. The normalized spacial score (nSPS) is 17.9. The van der Waals surface area contributed by atoms with Crippen molar-refractivity contribution < 1.29 is 9.53 Å². The van der Waals surface area contributed by atoms with Crippen molar-refractivity contribution in [3.8, 4) is 0 Å². The molecular weight excluding hydrogens is 304 g/mol. The maximum absolute atomic E-state index is 12.2. The molecule has 0 bridgehead atoms. The first-order chi connectivity index (χ1) is 11.8. The fraction of sp³-hybridized carbons (Fsp3) is 0.611. The molecule has 2 amide bonds. The Hall–Kier alpha value is -1.95. The van der Waals surface area contributed by atoms with E-state index in [-0.39, 0.29) is 6.03 Å². The first kappa shape index (κ1) is 16.9. The van der Waals surface area contributed by atoms with Gasteiger partial charge in [-0.2, -0.15) is 0 Å². The number of nitrogens with zero attached hydrogens (tertiary/aromatic N) is 2. The van der Waals surface area contributed by atoms with Crippen LogP contribution in [0.4, 0.5) is 21.9 Å². The topological polar surface area (TPSA) is 56.8 Å². The summed E-state index contributed by atoms with van der Waals surface area (Å²) < 4.78 is 5.44. The van der Waals surface area contributed by atoms with Crippen LogP contribution in [0.5, 0.6) is 0 Å². The highest BCUT2D eigenvalue weighted by atomic mass is 16.5. The van der Waals surface area contributed by atoms with Gasteiger partial charge in [-0.1, -0.05) is 6.92 Å². The highest BCUT2D eigenvalue weighted by molar-refractivity contribution is 5.94. The van der Waals surface area contributed by atoms with Crippen molar-refractivity contribution in [1.82, 2.24) is 5.32 Å². The van der Waals surface area contributed by atoms with Crippen LogP contribution in [0, 0.1) is 0 Å². The van der Waals surface area contributed by atoms with Gasteiger partial charge < -0.3 is 25.2 Å². The second-order valence-electron chi connectivity index (χ2n) is 6.38. The van der Waals surface area contributed by atoms with Crippen molar-refractivity contribution in [2.24, 2.45) is 0 Å². The fourth-order valence-electron chi connectivity index (χ4n) is 3.28. The summed E-state index contributed by atoms with van der Waals surface area (Å²) in [7, 11) is 0. The molecule has 24 heavy (non-hydrogen) atoms. The average molecular weight is 332 g/mol. The molecule has 0 aliphatic carbocycles. The lowest BCUT2D eigenvalue weighted by atomic mass is 10.2. The zero-order chi connectivity index (χ0) is 16.8. The standard InChI is InChI=1S/C18H28N4O2/c1-2-7-19-18(23)20-16-14-15(21-10-12-24-13-11-21)5-6-17(16)22-8-3-4-9-22/h5-6,14H,2-4,7-13H2,1H3,(H2,19,20,23). The van der Waals surface area contributed by atoms with Gasteiger partial charge in [0.1, 0.15) is 0 Å². The molecule has 6 heteroatoms. The lowest BCUT2D eigenvalue weighted by molar-refractivity contribution is 0.122. The molecule has 0 spiro atoms. The first-order valence-electron chi connectivity index (χ1n) is 9.04. The highest BCUT2D eigenvalue weighted by Crippen LogP contribution is 2.33. The minimum absolute atomic E-state index is 0.128. The van der Waals surface area contributed by atoms with Crippen molar-refractivity contribution in [2.75, 3.05) is 61.1 Å². The summed E-state index contributed by atoms with van der Waals surface area (Å²) in [6.45, 7) is 8.16. The number of ether oxygens (including phenoxy) is 1. The molecule has 0 aromatic heterocycles. The molecule has 2 fully saturated rings. The smallest absolute Gasteiger partial charge is 0.319 e. The van der Waals surface area contributed by atoms with Crippen LogP contribution in [0.25, 0.3) is 0 Å². The number of rotatable bonds is 5. The maximum Gasteiger partial charge on any atom is 0.319 e. The Morgan fingerprint density at radius 3 is 2.58 bits per heavy atom. The Balaban J connectivity index is 1.80. The van der Waals surface area contributed by atoms with Crippen LogP contribution < -0.4 is 20.4 Å². The molecule has 2 saturated heterocycles. The number of benzene rings is 1. The molecule has 0 saturated carbocycles. The van der Waals surface area contributed by atoms with Gasteiger partial charge in [-0.05, 0) is 37.5 Å². The Kier molecular flexibility index (Phi) is 5.80. The fourth-order valence-corrected chi connectivity index (χ4v) is 3.28. The van der Waals surface area contributed by atoms with Gasteiger partial charge in [0.25, 0.3) is 0 Å². The SMILES string of the molecule is CCCNC(=O)Nc1cc(N2CCOCC2)ccc1N1CCCC1. The Labute approximate surface area is 144 Å². The molecule has 132 valence electrons. The van der Waals surface area contributed by atoms with Crippen LogP contribution in [-0.2, 0) is 4.74 Å². The van der Waals surface area contributed by atoms with Crippen molar-refractivity contribution >= 4 is 23.1 Å². The lowest BCUT2D eigenvalue weighted by Crippen LogP contribution is -2.36. The van der Waals surface area contributed by atoms with E-state index >= 15 is 0 Å². The molecular formula is C18H28N4O2. The van der Waals surface area contributed by atoms with Gasteiger partial charge in [0, 0.05) is 38.4 Å². The van der Waals surface area contributed by atoms with Crippen LogP contribution in [0.2, 0.25) is 0 Å². The number of morpholine rings is 1. The number of anilines is 3. The van der Waals surface area contributed by atoms with E-state index in [1.807, 2.05) is 0 Å². The van der Waals surface area contributed by atoms with Crippen molar-refractivity contribution in [3.05, 3.63) is 18.2 Å². The quantitative estimate of drug-likeness (QED) is 0.870. The van der Waals surface area contributed by atoms with E-state index in [4.69, 9.17) is 4.74 Å². The van der Waals surface area contributed by atoms with E-state index in [2.05, 4.69) is 45.6 Å². The van der Waals surface area contributed by atoms with Crippen molar-refractivity contribution in [3.63, 3.8) is 0 Å². The summed E-state index contributed by atoms with van der Waals surface area (Å²) in [5.41, 5.74) is 3.16. The van der Waals surface area contributed by atoms with Gasteiger partial charge >= 0.3 is 6.03 Å². The summed E-state index contributed by atoms with van der Waals surface area (Å²) in [4.78, 5) is 16.8. The van der Waals surface area contributed by atoms with E-state index < -0.39 is 0 Å². The summed E-state index contributed by atoms with van der Waals surface area (Å²) in [5.74, 6) is 0. The minimum Gasteiger partial charge on any atom is -0.378 e. The van der Waals surface area contributed by atoms with E-state index in [0.717, 1.165) is 62.9 Å². The second kappa shape index (κ2) is 8.24. The molecule has 0 radical (unpaired) electrons. The molecule has 2 aliphatic heterocycles. The Bertz CT molecular complexity index is 552. The first-order valence-corrected chi connectivity index (χ1v) is 9.04. The Morgan fingerprint density at radius 1 is 1.12 bits per heavy atom. The number of carbonyl (C=O) groups excluding carboxylic acids is 1. The van der Waals surface area contributed by atoms with E-state index in [0.29, 0.717) is 6.54 Å². The summed E-state index contributed by atoms with van der Waals surface area (Å²) in [5, 5.41) is 5.95. The number of amides is 2. The largest absolute Gasteiger partial charge is 0.378 e. The Morgan fingerprint density at radius 2 is 1.88 bits per heavy atom. The molecule has 2 aliphatic rings. The van der Waals surface area contributed by atoms with E-state index in [1.54, 1.807) is 0 Å². The van der Waals surface area contributed by atoms with Crippen LogP contribution in [0.15, 0.2) is 18.2 Å². The predicted molar refractivity (Wildman–Crippen MR) is 98.2 cm³/mol. The monoisotopic (exact) mass is 332 g/mol. The third-order valence-electron chi connectivity index (χ3n) is 4.59. The van der Waals surface area contributed by atoms with Gasteiger partial charge in [-0.3, -0.25) is 0 Å². The average Bonchev–Trinajstić information content (AvgIpc) is 3.15. The molecule has 6 nitrogen and oxygen atoms in total. The van der Waals surface area contributed by atoms with Crippen LogP contribution in [0.3, 0.4) is 0 Å². The molecule has 2 heterocycles. The molecule has 2 N–H and O–H groups in total. The van der Waals surface area contributed by atoms with Gasteiger partial charge in [0.2, 0.25) is 0 Å². The van der Waals surface area contributed by atoms with Gasteiger partial charge in [0.05, 0.1) is 24.6 Å². The highest BCUT2D eigenvalue weighted by Gasteiger charge is 2.19. The molecule has 1 aromatic rings. The number of urea groups is 1. The predicted octanol–water partition coefficient (Wildman–Crippen LogP) is 2.65. The van der Waals surface area contributed by atoms with Crippen molar-refractivity contribution in [1.29, 1.82) is 0 Å². The van der Waals surface area contributed by atoms with Crippen LogP contribution >= 0.6 is 0 Å².